The van der Waals surface area contributed by atoms with Crippen molar-refractivity contribution >= 4 is 11.9 Å². The summed E-state index contributed by atoms with van der Waals surface area (Å²) >= 11 is 0. The lowest BCUT2D eigenvalue weighted by molar-refractivity contribution is -0.139. The van der Waals surface area contributed by atoms with Gasteiger partial charge in [-0.3, -0.25) is 9.89 Å². The number of nitrogens with one attached hydrogen (secondary N) is 2. The molecule has 0 aliphatic heterocycles. The summed E-state index contributed by atoms with van der Waals surface area (Å²) in [7, 11) is 0. The lowest BCUT2D eigenvalue weighted by Crippen LogP contribution is -2.40. The van der Waals surface area contributed by atoms with Crippen LogP contribution in [-0.2, 0) is 4.79 Å². The molecule has 0 saturated heterocycles. The molecule has 1 unspecified atom stereocenters. The standard InChI is InChI=1S/C10H11N3O3/c1-3-4-8(10(15)16)12-9(14)7-5-11-13-6(7)2/h1,5,8H,4H2,2H3,(H,11,13)(H,12,14)(H,15,16). The van der Waals surface area contributed by atoms with Crippen molar-refractivity contribution in [3.05, 3.63) is 17.5 Å². The van der Waals surface area contributed by atoms with Crippen molar-refractivity contribution in [1.82, 2.24) is 15.5 Å². The predicted molar refractivity (Wildman–Crippen MR) is 55.7 cm³/mol. The van der Waals surface area contributed by atoms with Gasteiger partial charge in [0.25, 0.3) is 5.91 Å². The summed E-state index contributed by atoms with van der Waals surface area (Å²) in [5.74, 6) is 0.530. The van der Waals surface area contributed by atoms with Crippen LogP contribution in [0.4, 0.5) is 0 Å². The van der Waals surface area contributed by atoms with Gasteiger partial charge in [0.2, 0.25) is 0 Å². The first-order chi connectivity index (χ1) is 7.56. The number of rotatable bonds is 4. The number of aromatic nitrogens is 2. The summed E-state index contributed by atoms with van der Waals surface area (Å²) in [6, 6.07) is -1.08. The number of carbonyl (C=O) groups excluding carboxylic acids is 1. The van der Waals surface area contributed by atoms with Crippen LogP contribution < -0.4 is 5.32 Å². The van der Waals surface area contributed by atoms with Gasteiger partial charge in [-0.25, -0.2) is 4.79 Å². The first kappa shape index (κ1) is 11.8. The smallest absolute Gasteiger partial charge is 0.327 e. The second kappa shape index (κ2) is 4.98. The van der Waals surface area contributed by atoms with Gasteiger partial charge in [0.15, 0.2) is 0 Å². The van der Waals surface area contributed by atoms with Gasteiger partial charge in [-0.2, -0.15) is 5.10 Å². The van der Waals surface area contributed by atoms with Gasteiger partial charge in [-0.15, -0.1) is 12.3 Å². The Morgan fingerprint density at radius 2 is 2.44 bits per heavy atom. The second-order valence-electron chi connectivity index (χ2n) is 3.18. The molecule has 84 valence electrons. The van der Waals surface area contributed by atoms with Crippen molar-refractivity contribution in [2.45, 2.75) is 19.4 Å². The number of nitrogens with zero attached hydrogens (tertiary/aromatic N) is 1. The Labute approximate surface area is 92.0 Å². The van der Waals surface area contributed by atoms with E-state index < -0.39 is 17.9 Å². The summed E-state index contributed by atoms with van der Waals surface area (Å²) < 4.78 is 0. The quantitative estimate of drug-likeness (QED) is 0.620. The SMILES string of the molecule is C#CCC(NC(=O)c1cn[nH]c1C)C(=O)O. The average Bonchev–Trinajstić information content (AvgIpc) is 2.63. The molecule has 1 heterocycles. The predicted octanol–water partition coefficient (Wildman–Crippen LogP) is -0.0756. The Balaban J connectivity index is 2.74. The van der Waals surface area contributed by atoms with Crippen molar-refractivity contribution in [2.24, 2.45) is 0 Å². The highest BCUT2D eigenvalue weighted by Crippen LogP contribution is 2.03. The summed E-state index contributed by atoms with van der Waals surface area (Å²) in [6.07, 6.45) is 6.28. The van der Waals surface area contributed by atoms with E-state index in [9.17, 15) is 9.59 Å². The molecule has 0 aromatic carbocycles. The molecule has 1 aromatic heterocycles. The number of aryl methyl sites for hydroxylation is 1. The van der Waals surface area contributed by atoms with E-state index in [2.05, 4.69) is 21.4 Å². The number of carbonyl (C=O) groups is 2. The molecule has 0 aliphatic rings. The van der Waals surface area contributed by atoms with Crippen LogP contribution in [0.1, 0.15) is 22.5 Å². The van der Waals surface area contributed by atoms with Gasteiger partial charge in [-0.1, -0.05) is 0 Å². The van der Waals surface area contributed by atoms with Crippen LogP contribution in [0.2, 0.25) is 0 Å². The number of hydrogen-bond acceptors (Lipinski definition) is 3. The Hall–Kier alpha value is -2.29. The summed E-state index contributed by atoms with van der Waals surface area (Å²) in [4.78, 5) is 22.4. The van der Waals surface area contributed by atoms with Crippen molar-refractivity contribution in [1.29, 1.82) is 0 Å². The number of hydrogen-bond donors (Lipinski definition) is 3. The molecule has 0 saturated carbocycles. The number of H-pyrrole nitrogens is 1. The number of carboxylic acids is 1. The second-order valence-corrected chi connectivity index (χ2v) is 3.18. The maximum absolute atomic E-state index is 11.6. The lowest BCUT2D eigenvalue weighted by atomic mass is 10.2. The molecule has 16 heavy (non-hydrogen) atoms. The molecule has 1 atom stereocenters. The van der Waals surface area contributed by atoms with E-state index in [0.717, 1.165) is 0 Å². The largest absolute Gasteiger partial charge is 0.480 e. The monoisotopic (exact) mass is 221 g/mol. The van der Waals surface area contributed by atoms with E-state index >= 15 is 0 Å². The molecule has 1 rings (SSSR count). The maximum Gasteiger partial charge on any atom is 0.327 e. The number of aliphatic carboxylic acids is 1. The molecule has 1 aromatic rings. The third kappa shape index (κ3) is 2.60. The van der Waals surface area contributed by atoms with Crippen LogP contribution in [0.5, 0.6) is 0 Å². The zero-order valence-corrected chi connectivity index (χ0v) is 8.65. The van der Waals surface area contributed by atoms with Crippen molar-refractivity contribution < 1.29 is 14.7 Å². The molecule has 6 heteroatoms. The first-order valence-corrected chi connectivity index (χ1v) is 4.53. The van der Waals surface area contributed by atoms with Crippen LogP contribution in [0.25, 0.3) is 0 Å². The Kier molecular flexibility index (Phi) is 3.67. The van der Waals surface area contributed by atoms with Gasteiger partial charge in [0, 0.05) is 12.1 Å². The molecule has 0 spiro atoms. The molecule has 0 radical (unpaired) electrons. The molecule has 0 aliphatic carbocycles. The summed E-state index contributed by atoms with van der Waals surface area (Å²) in [6.45, 7) is 1.67. The number of aromatic amines is 1. The van der Waals surface area contributed by atoms with Gasteiger partial charge in [0.05, 0.1) is 11.8 Å². The fourth-order valence-electron chi connectivity index (χ4n) is 1.13. The molecule has 3 N–H and O–H groups in total. The van der Waals surface area contributed by atoms with Gasteiger partial charge < -0.3 is 10.4 Å². The molecule has 0 bridgehead atoms. The molecular formula is C10H11N3O3. The van der Waals surface area contributed by atoms with Crippen molar-refractivity contribution in [3.8, 4) is 12.3 Å². The zero-order valence-electron chi connectivity index (χ0n) is 8.65. The minimum Gasteiger partial charge on any atom is -0.480 e. The van der Waals surface area contributed by atoms with E-state index in [0.29, 0.717) is 11.3 Å². The summed E-state index contributed by atoms with van der Waals surface area (Å²) in [5.41, 5.74) is 0.880. The van der Waals surface area contributed by atoms with Crippen molar-refractivity contribution in [2.75, 3.05) is 0 Å². The fraction of sp³-hybridized carbons (Fsp3) is 0.300. The molecular weight excluding hydrogens is 210 g/mol. The van der Waals surface area contributed by atoms with Crippen LogP contribution in [0.15, 0.2) is 6.20 Å². The maximum atomic E-state index is 11.6. The highest BCUT2D eigenvalue weighted by Gasteiger charge is 2.20. The minimum absolute atomic E-state index is 0.0576. The van der Waals surface area contributed by atoms with Crippen LogP contribution in [0.3, 0.4) is 0 Å². The fourth-order valence-corrected chi connectivity index (χ4v) is 1.13. The van der Waals surface area contributed by atoms with Gasteiger partial charge in [-0.05, 0) is 6.92 Å². The Bertz CT molecular complexity index is 444. The topological polar surface area (TPSA) is 95.1 Å². The van der Waals surface area contributed by atoms with E-state index in [1.807, 2.05) is 0 Å². The lowest BCUT2D eigenvalue weighted by Gasteiger charge is -2.10. The van der Waals surface area contributed by atoms with Gasteiger partial charge >= 0.3 is 5.97 Å². The zero-order chi connectivity index (χ0) is 12.1. The van der Waals surface area contributed by atoms with E-state index in [1.54, 1.807) is 6.92 Å². The van der Waals surface area contributed by atoms with E-state index in [1.165, 1.54) is 6.20 Å². The first-order valence-electron chi connectivity index (χ1n) is 4.53. The molecule has 6 nitrogen and oxygen atoms in total. The van der Waals surface area contributed by atoms with Crippen molar-refractivity contribution in [3.63, 3.8) is 0 Å². The van der Waals surface area contributed by atoms with Crippen LogP contribution in [-0.4, -0.2) is 33.2 Å². The molecule has 0 fully saturated rings. The Morgan fingerprint density at radius 1 is 1.75 bits per heavy atom. The number of terminal acetylenes is 1. The van der Waals surface area contributed by atoms with Crippen LogP contribution in [0, 0.1) is 19.3 Å². The number of amides is 1. The molecule has 1 amide bonds. The summed E-state index contributed by atoms with van der Waals surface area (Å²) in [5, 5.41) is 17.4. The van der Waals surface area contributed by atoms with E-state index in [-0.39, 0.29) is 6.42 Å². The normalized spacial score (nSPS) is 11.5. The average molecular weight is 221 g/mol. The highest BCUT2D eigenvalue weighted by molar-refractivity contribution is 5.97. The van der Waals surface area contributed by atoms with E-state index in [4.69, 9.17) is 11.5 Å². The third-order valence-corrected chi connectivity index (χ3v) is 2.00. The number of carboxylic acid groups (broad SMARTS) is 1. The van der Waals surface area contributed by atoms with Gasteiger partial charge in [0.1, 0.15) is 6.04 Å². The Morgan fingerprint density at radius 3 is 2.88 bits per heavy atom. The third-order valence-electron chi connectivity index (χ3n) is 2.00. The minimum atomic E-state index is -1.16. The van der Waals surface area contributed by atoms with Crippen LogP contribution >= 0.6 is 0 Å². The highest BCUT2D eigenvalue weighted by atomic mass is 16.4.